The first-order valence-electron chi connectivity index (χ1n) is 6.97. The fourth-order valence-electron chi connectivity index (χ4n) is 5.26. The quantitative estimate of drug-likeness (QED) is 0.723. The zero-order valence-electron chi connectivity index (χ0n) is 10.9. The predicted molar refractivity (Wildman–Crippen MR) is 67.4 cm³/mol. The summed E-state index contributed by atoms with van der Waals surface area (Å²) in [5.74, 6) is 1.88. The molecule has 0 heterocycles. The zero-order valence-corrected chi connectivity index (χ0v) is 10.9. The molecule has 0 spiro atoms. The van der Waals surface area contributed by atoms with Gasteiger partial charge in [0.2, 0.25) is 0 Å². The van der Waals surface area contributed by atoms with E-state index in [4.69, 9.17) is 0 Å². The first-order valence-corrected chi connectivity index (χ1v) is 6.97. The molecule has 2 heteroatoms. The molecule has 0 saturated heterocycles. The highest BCUT2D eigenvalue weighted by Gasteiger charge is 2.66. The van der Waals surface area contributed by atoms with Crippen molar-refractivity contribution in [2.24, 2.45) is 28.6 Å². The van der Waals surface area contributed by atoms with Gasteiger partial charge in [-0.15, -0.1) is 0 Å². The molecule has 4 bridgehead atoms. The van der Waals surface area contributed by atoms with Crippen LogP contribution in [0.2, 0.25) is 0 Å². The minimum Gasteiger partial charge on any atom is -0.396 e. The Kier molecular flexibility index (Phi) is 2.47. The minimum atomic E-state index is 0.0834. The lowest BCUT2D eigenvalue weighted by Gasteiger charge is -2.66. The van der Waals surface area contributed by atoms with Crippen LogP contribution in [0, 0.1) is 28.6 Å². The Labute approximate surface area is 104 Å². The van der Waals surface area contributed by atoms with Gasteiger partial charge in [-0.2, -0.15) is 0 Å². The molecule has 0 aromatic heterocycles. The molecule has 17 heavy (non-hydrogen) atoms. The highest BCUT2D eigenvalue weighted by atomic mass is 16.3. The van der Waals surface area contributed by atoms with Crippen LogP contribution in [-0.2, 0) is 0 Å². The summed E-state index contributed by atoms with van der Waals surface area (Å²) in [6.45, 7) is 5.18. The molecule has 96 valence electrons. The van der Waals surface area contributed by atoms with Gasteiger partial charge in [0.05, 0.1) is 6.61 Å². The third kappa shape index (κ3) is 1.29. The van der Waals surface area contributed by atoms with Crippen molar-refractivity contribution in [3.05, 3.63) is 11.6 Å². The molecule has 0 aliphatic heterocycles. The van der Waals surface area contributed by atoms with E-state index in [1.54, 1.807) is 0 Å². The molecule has 0 aromatic rings. The van der Waals surface area contributed by atoms with E-state index in [-0.39, 0.29) is 12.0 Å². The molecule has 0 amide bonds. The van der Waals surface area contributed by atoms with E-state index in [9.17, 15) is 10.2 Å². The monoisotopic (exact) mass is 236 g/mol. The summed E-state index contributed by atoms with van der Waals surface area (Å²) in [4.78, 5) is 0. The normalized spacial score (nSPS) is 52.5. The van der Waals surface area contributed by atoms with Gasteiger partial charge in [-0.1, -0.05) is 26.3 Å². The molecule has 3 aliphatic rings. The Balaban J connectivity index is 2.02. The Morgan fingerprint density at radius 2 is 2.06 bits per heavy atom. The lowest BCUT2D eigenvalue weighted by Crippen LogP contribution is -2.62. The summed E-state index contributed by atoms with van der Waals surface area (Å²) in [6, 6.07) is 0. The molecule has 0 aromatic carbocycles. The molecule has 3 rings (SSSR count). The van der Waals surface area contributed by atoms with Crippen LogP contribution >= 0.6 is 0 Å². The van der Waals surface area contributed by atoms with Gasteiger partial charge in [0.25, 0.3) is 0 Å². The van der Waals surface area contributed by atoms with E-state index in [1.807, 2.05) is 0 Å². The number of aliphatic hydroxyl groups excluding tert-OH is 2. The van der Waals surface area contributed by atoms with Crippen molar-refractivity contribution in [3.8, 4) is 0 Å². The summed E-state index contributed by atoms with van der Waals surface area (Å²) in [7, 11) is 0. The van der Waals surface area contributed by atoms with Crippen molar-refractivity contribution in [1.82, 2.24) is 0 Å². The SMILES string of the molecule is CC1(CO)CCCC2(C)C3CC=C(CO)C2C31. The van der Waals surface area contributed by atoms with E-state index < -0.39 is 0 Å². The fraction of sp³-hybridized carbons (Fsp3) is 0.867. The van der Waals surface area contributed by atoms with Gasteiger partial charge in [0, 0.05) is 6.61 Å². The average Bonchev–Trinajstić information content (AvgIpc) is 2.55. The number of hydrogen-bond donors (Lipinski definition) is 2. The molecule has 2 nitrogen and oxygen atoms in total. The first kappa shape index (κ1) is 11.7. The van der Waals surface area contributed by atoms with Crippen LogP contribution in [-0.4, -0.2) is 23.4 Å². The first-order chi connectivity index (χ1) is 8.07. The highest BCUT2D eigenvalue weighted by Crippen LogP contribution is 2.72. The van der Waals surface area contributed by atoms with Gasteiger partial charge >= 0.3 is 0 Å². The van der Waals surface area contributed by atoms with E-state index >= 15 is 0 Å². The second kappa shape index (κ2) is 3.58. The second-order valence-corrected chi connectivity index (χ2v) is 6.95. The van der Waals surface area contributed by atoms with Crippen LogP contribution in [0.3, 0.4) is 0 Å². The molecule has 2 N–H and O–H groups in total. The van der Waals surface area contributed by atoms with E-state index in [1.165, 1.54) is 18.4 Å². The third-order valence-corrected chi connectivity index (χ3v) is 6.20. The van der Waals surface area contributed by atoms with Crippen molar-refractivity contribution >= 4 is 0 Å². The number of hydrogen-bond acceptors (Lipinski definition) is 2. The maximum atomic E-state index is 9.79. The average molecular weight is 236 g/mol. The van der Waals surface area contributed by atoms with Gasteiger partial charge in [-0.25, -0.2) is 0 Å². The topological polar surface area (TPSA) is 40.5 Å². The smallest absolute Gasteiger partial charge is 0.0644 e. The minimum absolute atomic E-state index is 0.0834. The van der Waals surface area contributed by atoms with Crippen LogP contribution in [0.25, 0.3) is 0 Å². The number of aliphatic hydroxyl groups is 2. The molecule has 5 unspecified atom stereocenters. The van der Waals surface area contributed by atoms with Crippen molar-refractivity contribution in [2.45, 2.75) is 39.5 Å². The van der Waals surface area contributed by atoms with Crippen LogP contribution in [0.5, 0.6) is 0 Å². The van der Waals surface area contributed by atoms with Gasteiger partial charge in [0.1, 0.15) is 0 Å². The molecule has 0 radical (unpaired) electrons. The molecule has 2 saturated carbocycles. The van der Waals surface area contributed by atoms with E-state index in [0.717, 1.165) is 18.8 Å². The summed E-state index contributed by atoms with van der Waals surface area (Å²) >= 11 is 0. The molecule has 2 fully saturated rings. The number of fused-ring (bicyclic) bond motifs is 1. The van der Waals surface area contributed by atoms with Crippen LogP contribution < -0.4 is 0 Å². The lowest BCUT2D eigenvalue weighted by molar-refractivity contribution is -0.156. The predicted octanol–water partition coefficient (Wildman–Crippen LogP) is 2.36. The van der Waals surface area contributed by atoms with Crippen molar-refractivity contribution in [2.75, 3.05) is 13.2 Å². The second-order valence-electron chi connectivity index (χ2n) is 6.95. The zero-order chi connectivity index (χ0) is 12.3. The standard InChI is InChI=1S/C15H24O2/c1-14(9-17)6-3-7-15(2)11-5-4-10(8-16)12(15)13(11)14/h4,11-13,16-17H,3,5-9H2,1-2H3. The maximum absolute atomic E-state index is 9.79. The number of rotatable bonds is 2. The fourth-order valence-corrected chi connectivity index (χ4v) is 5.26. The molecule has 5 atom stereocenters. The van der Waals surface area contributed by atoms with Gasteiger partial charge in [-0.3, -0.25) is 0 Å². The largest absolute Gasteiger partial charge is 0.396 e. The third-order valence-electron chi connectivity index (χ3n) is 6.20. The molecule has 3 aliphatic carbocycles. The van der Waals surface area contributed by atoms with Crippen molar-refractivity contribution in [1.29, 1.82) is 0 Å². The summed E-state index contributed by atoms with van der Waals surface area (Å²) in [5.41, 5.74) is 1.74. The van der Waals surface area contributed by atoms with Crippen molar-refractivity contribution < 1.29 is 10.2 Å². The Hall–Kier alpha value is -0.340. The Morgan fingerprint density at radius 1 is 1.29 bits per heavy atom. The summed E-state index contributed by atoms with van der Waals surface area (Å²) < 4.78 is 0. The van der Waals surface area contributed by atoms with E-state index in [0.29, 0.717) is 23.9 Å². The number of allylic oxidation sites excluding steroid dienone is 1. The molecular formula is C15H24O2. The van der Waals surface area contributed by atoms with Crippen molar-refractivity contribution in [3.63, 3.8) is 0 Å². The van der Waals surface area contributed by atoms with Crippen LogP contribution in [0.15, 0.2) is 11.6 Å². The highest BCUT2D eigenvalue weighted by molar-refractivity contribution is 5.29. The van der Waals surface area contributed by atoms with Crippen LogP contribution in [0.1, 0.15) is 39.5 Å². The lowest BCUT2D eigenvalue weighted by atomic mass is 9.38. The Morgan fingerprint density at radius 3 is 2.71 bits per heavy atom. The van der Waals surface area contributed by atoms with Gasteiger partial charge in [-0.05, 0) is 53.4 Å². The maximum Gasteiger partial charge on any atom is 0.0644 e. The van der Waals surface area contributed by atoms with Crippen LogP contribution in [0.4, 0.5) is 0 Å². The Bertz CT molecular complexity index is 362. The summed E-state index contributed by atoms with van der Waals surface area (Å²) in [6.07, 6.45) is 7.02. The van der Waals surface area contributed by atoms with Gasteiger partial charge < -0.3 is 10.2 Å². The molecular weight excluding hydrogens is 212 g/mol. The van der Waals surface area contributed by atoms with Gasteiger partial charge in [0.15, 0.2) is 0 Å². The van der Waals surface area contributed by atoms with E-state index in [2.05, 4.69) is 19.9 Å². The summed E-state index contributed by atoms with van der Waals surface area (Å²) in [5, 5.41) is 19.3.